The Balaban J connectivity index is 1.54. The summed E-state index contributed by atoms with van der Waals surface area (Å²) in [6.07, 6.45) is 2.68. The summed E-state index contributed by atoms with van der Waals surface area (Å²) in [7, 11) is 3.31. The van der Waals surface area contributed by atoms with Gasteiger partial charge in [0.05, 0.1) is 24.2 Å². The van der Waals surface area contributed by atoms with E-state index in [0.717, 1.165) is 30.8 Å². The van der Waals surface area contributed by atoms with Gasteiger partial charge in [-0.1, -0.05) is 0 Å². The average molecular weight is 466 g/mol. The van der Waals surface area contributed by atoms with Gasteiger partial charge in [0.1, 0.15) is 6.61 Å². The molecule has 5 rings (SSSR count). The lowest BCUT2D eigenvalue weighted by molar-refractivity contribution is -0.127. The molecule has 2 saturated heterocycles. The summed E-state index contributed by atoms with van der Waals surface area (Å²) < 4.78 is 25.5. The molecule has 1 aromatic carbocycles. The van der Waals surface area contributed by atoms with Crippen LogP contribution in [0, 0.1) is 17.7 Å². The monoisotopic (exact) mass is 465 g/mol. The zero-order valence-corrected chi connectivity index (χ0v) is 19.3. The number of halogens is 1. The highest BCUT2D eigenvalue weighted by molar-refractivity contribution is 5.96. The third-order valence-electron chi connectivity index (χ3n) is 6.63. The second kappa shape index (κ2) is 9.42. The number of rotatable bonds is 7. The van der Waals surface area contributed by atoms with Crippen LogP contribution in [0.25, 0.3) is 22.2 Å². The molecule has 0 aliphatic carbocycles. The van der Waals surface area contributed by atoms with Crippen molar-refractivity contribution in [1.82, 2.24) is 20.6 Å². The fourth-order valence-electron chi connectivity index (χ4n) is 4.82. The fourth-order valence-corrected chi connectivity index (χ4v) is 4.82. The Hall–Kier alpha value is -3.46. The third-order valence-corrected chi connectivity index (χ3v) is 6.63. The maximum absolute atomic E-state index is 14.7. The number of nitrogens with zero attached hydrogens (tertiary/aromatic N) is 3. The summed E-state index contributed by atoms with van der Waals surface area (Å²) in [5.74, 6) is 0.578. The van der Waals surface area contributed by atoms with Crippen LogP contribution in [0.3, 0.4) is 0 Å². The highest BCUT2D eigenvalue weighted by atomic mass is 19.1. The lowest BCUT2D eigenvalue weighted by atomic mass is 9.89. The molecule has 2 aliphatic heterocycles. The summed E-state index contributed by atoms with van der Waals surface area (Å²) in [5, 5.41) is 6.69. The Bertz CT molecular complexity index is 1200. The maximum Gasteiger partial charge on any atom is 0.225 e. The summed E-state index contributed by atoms with van der Waals surface area (Å²) in [6, 6.07) is 8.78. The SMILES string of the molecule is CNCCOc1ccc(-c2cc(N3C[C@@H]4CCNC(=O)[C@@H]4C3)c3cc(F)c(OC)cc3n2)cn1. The van der Waals surface area contributed by atoms with E-state index in [9.17, 15) is 9.18 Å². The van der Waals surface area contributed by atoms with Gasteiger partial charge < -0.3 is 25.0 Å². The van der Waals surface area contributed by atoms with Gasteiger partial charge in [0.15, 0.2) is 11.6 Å². The number of aromatic nitrogens is 2. The number of anilines is 1. The lowest BCUT2D eigenvalue weighted by Gasteiger charge is -2.23. The van der Waals surface area contributed by atoms with Crippen molar-refractivity contribution in [3.05, 3.63) is 42.3 Å². The van der Waals surface area contributed by atoms with Crippen molar-refractivity contribution >= 4 is 22.5 Å². The number of benzene rings is 1. The van der Waals surface area contributed by atoms with Gasteiger partial charge in [-0.3, -0.25) is 4.79 Å². The number of hydrogen-bond acceptors (Lipinski definition) is 7. The molecule has 0 bridgehead atoms. The Morgan fingerprint density at radius 1 is 1.26 bits per heavy atom. The van der Waals surface area contributed by atoms with Crippen LogP contribution >= 0.6 is 0 Å². The van der Waals surface area contributed by atoms with Crippen LogP contribution in [0.5, 0.6) is 11.6 Å². The molecule has 2 fully saturated rings. The van der Waals surface area contributed by atoms with Gasteiger partial charge in [0.25, 0.3) is 0 Å². The van der Waals surface area contributed by atoms with E-state index in [-0.39, 0.29) is 17.6 Å². The van der Waals surface area contributed by atoms with Gasteiger partial charge in [0.2, 0.25) is 11.8 Å². The number of amides is 1. The molecule has 9 heteroatoms. The third kappa shape index (κ3) is 4.23. The largest absolute Gasteiger partial charge is 0.494 e. The maximum atomic E-state index is 14.7. The van der Waals surface area contributed by atoms with Crippen molar-refractivity contribution in [2.24, 2.45) is 11.8 Å². The molecule has 8 nitrogen and oxygen atoms in total. The Labute approximate surface area is 197 Å². The van der Waals surface area contributed by atoms with Crippen LogP contribution in [-0.4, -0.2) is 62.8 Å². The first kappa shape index (κ1) is 22.3. The van der Waals surface area contributed by atoms with Crippen LogP contribution in [0.15, 0.2) is 36.5 Å². The minimum Gasteiger partial charge on any atom is -0.494 e. The zero-order valence-electron chi connectivity index (χ0n) is 19.3. The van der Waals surface area contributed by atoms with Crippen molar-refractivity contribution < 1.29 is 18.7 Å². The number of carbonyl (C=O) groups is 1. The van der Waals surface area contributed by atoms with Crippen molar-refractivity contribution in [2.75, 3.05) is 51.8 Å². The smallest absolute Gasteiger partial charge is 0.225 e. The van der Waals surface area contributed by atoms with Gasteiger partial charge >= 0.3 is 0 Å². The van der Waals surface area contributed by atoms with Crippen LogP contribution in [0.4, 0.5) is 10.1 Å². The number of methoxy groups -OCH3 is 1. The van der Waals surface area contributed by atoms with E-state index in [2.05, 4.69) is 20.5 Å². The van der Waals surface area contributed by atoms with Gasteiger partial charge in [-0.05, 0) is 37.6 Å². The normalized spacial score (nSPS) is 19.7. The van der Waals surface area contributed by atoms with Gasteiger partial charge in [-0.15, -0.1) is 0 Å². The molecule has 2 aromatic heterocycles. The van der Waals surface area contributed by atoms with Crippen molar-refractivity contribution in [3.8, 4) is 22.9 Å². The molecule has 0 unspecified atom stereocenters. The molecule has 178 valence electrons. The van der Waals surface area contributed by atoms with E-state index in [4.69, 9.17) is 14.5 Å². The van der Waals surface area contributed by atoms with E-state index in [1.807, 2.05) is 25.2 Å². The van der Waals surface area contributed by atoms with E-state index in [0.29, 0.717) is 48.1 Å². The molecule has 2 N–H and O–H groups in total. The van der Waals surface area contributed by atoms with Crippen molar-refractivity contribution in [1.29, 1.82) is 0 Å². The molecule has 2 aliphatic rings. The molecule has 0 radical (unpaired) electrons. The molecular weight excluding hydrogens is 437 g/mol. The zero-order chi connectivity index (χ0) is 23.7. The van der Waals surface area contributed by atoms with Crippen LogP contribution in [-0.2, 0) is 4.79 Å². The molecule has 1 amide bonds. The molecule has 0 saturated carbocycles. The van der Waals surface area contributed by atoms with Gasteiger partial charge in [0, 0.05) is 61.1 Å². The predicted octanol–water partition coefficient (Wildman–Crippen LogP) is 2.62. The van der Waals surface area contributed by atoms with E-state index < -0.39 is 5.82 Å². The number of carbonyl (C=O) groups excluding carboxylic acids is 1. The minimum absolute atomic E-state index is 0.0563. The highest BCUT2D eigenvalue weighted by Gasteiger charge is 2.40. The molecule has 4 heterocycles. The molecule has 0 spiro atoms. The predicted molar refractivity (Wildman–Crippen MR) is 128 cm³/mol. The molecular formula is C25H28FN5O3. The first-order valence-electron chi connectivity index (χ1n) is 11.5. The standard InChI is InChI=1S/C25H28FN5O3/c1-27-7-8-34-24-4-3-15(12-29-24)20-10-22(17-9-19(26)23(33-2)11-21(17)30-20)31-13-16-5-6-28-25(32)18(16)14-31/h3-4,9-12,16,18,27H,5-8,13-14H2,1-2H3,(H,28,32)/t16-,18+/m0/s1. The second-order valence-corrected chi connectivity index (χ2v) is 8.72. The first-order valence-corrected chi connectivity index (χ1v) is 11.5. The quantitative estimate of drug-likeness (QED) is 0.519. The van der Waals surface area contributed by atoms with E-state index in [1.165, 1.54) is 13.2 Å². The molecule has 34 heavy (non-hydrogen) atoms. The Morgan fingerprint density at radius 3 is 2.88 bits per heavy atom. The van der Waals surface area contributed by atoms with Crippen molar-refractivity contribution in [3.63, 3.8) is 0 Å². The van der Waals surface area contributed by atoms with Crippen molar-refractivity contribution in [2.45, 2.75) is 6.42 Å². The number of nitrogens with one attached hydrogen (secondary N) is 2. The Morgan fingerprint density at radius 2 is 2.15 bits per heavy atom. The van der Waals surface area contributed by atoms with Crippen LogP contribution < -0.4 is 25.0 Å². The lowest BCUT2D eigenvalue weighted by Crippen LogP contribution is -2.41. The summed E-state index contributed by atoms with van der Waals surface area (Å²) in [5.41, 5.74) is 3.02. The number of piperidine rings is 1. The second-order valence-electron chi connectivity index (χ2n) is 8.72. The number of likely N-dealkylation sites (N-methyl/N-ethyl adjacent to an activating group) is 1. The topological polar surface area (TPSA) is 88.6 Å². The highest BCUT2D eigenvalue weighted by Crippen LogP contribution is 2.39. The molecule has 3 aromatic rings. The number of fused-ring (bicyclic) bond motifs is 2. The summed E-state index contributed by atoms with van der Waals surface area (Å²) in [6.45, 7) is 3.31. The Kier molecular flexibility index (Phi) is 6.19. The number of hydrogen-bond donors (Lipinski definition) is 2. The number of pyridine rings is 2. The first-order chi connectivity index (χ1) is 16.6. The average Bonchev–Trinajstić information content (AvgIpc) is 3.29. The van der Waals surface area contributed by atoms with Crippen LogP contribution in [0.1, 0.15) is 6.42 Å². The number of ether oxygens (including phenoxy) is 2. The van der Waals surface area contributed by atoms with Gasteiger partial charge in [-0.2, -0.15) is 0 Å². The fraction of sp³-hybridized carbons (Fsp3) is 0.400. The van der Waals surface area contributed by atoms with Gasteiger partial charge in [-0.25, -0.2) is 14.4 Å². The van der Waals surface area contributed by atoms with Crippen LogP contribution in [0.2, 0.25) is 0 Å². The van der Waals surface area contributed by atoms with E-state index >= 15 is 0 Å². The minimum atomic E-state index is -0.440. The summed E-state index contributed by atoms with van der Waals surface area (Å²) >= 11 is 0. The van der Waals surface area contributed by atoms with E-state index in [1.54, 1.807) is 12.3 Å². The summed E-state index contributed by atoms with van der Waals surface area (Å²) in [4.78, 5) is 23.8. The molecule has 2 atom stereocenters.